The molecular formula is C17H18N2O. The Hall–Kier alpha value is -2.13. The SMILES string of the molecule is NCc1cccc(C(=O)NC2CC2c2ccccc2)c1. The number of hydrogen-bond acceptors (Lipinski definition) is 2. The largest absolute Gasteiger partial charge is 0.349 e. The van der Waals surface area contributed by atoms with E-state index < -0.39 is 0 Å². The van der Waals surface area contributed by atoms with Crippen LogP contribution < -0.4 is 11.1 Å². The van der Waals surface area contributed by atoms with Crippen LogP contribution in [0, 0.1) is 0 Å². The Morgan fingerprint density at radius 3 is 2.70 bits per heavy atom. The minimum atomic E-state index is -0.0104. The van der Waals surface area contributed by atoms with E-state index in [4.69, 9.17) is 5.73 Å². The van der Waals surface area contributed by atoms with Crippen molar-refractivity contribution in [1.82, 2.24) is 5.32 Å². The van der Waals surface area contributed by atoms with Crippen LogP contribution >= 0.6 is 0 Å². The fraction of sp³-hybridized carbons (Fsp3) is 0.235. The van der Waals surface area contributed by atoms with Crippen LogP contribution in [0.1, 0.15) is 33.8 Å². The number of benzene rings is 2. The molecule has 0 saturated heterocycles. The zero-order valence-corrected chi connectivity index (χ0v) is 11.3. The molecule has 2 unspecified atom stereocenters. The Balaban J connectivity index is 1.63. The first kappa shape index (κ1) is 12.9. The van der Waals surface area contributed by atoms with Crippen molar-refractivity contribution in [3.63, 3.8) is 0 Å². The number of rotatable bonds is 4. The van der Waals surface area contributed by atoms with Gasteiger partial charge in [-0.15, -0.1) is 0 Å². The van der Waals surface area contributed by atoms with Crippen molar-refractivity contribution < 1.29 is 4.79 Å². The third-order valence-corrected chi connectivity index (χ3v) is 3.76. The van der Waals surface area contributed by atoms with Crippen LogP contribution in [0.4, 0.5) is 0 Å². The van der Waals surface area contributed by atoms with Gasteiger partial charge in [0.2, 0.25) is 0 Å². The standard InChI is InChI=1S/C17H18N2O/c18-11-12-5-4-8-14(9-12)17(20)19-16-10-15(16)13-6-2-1-3-7-13/h1-9,15-16H,10-11,18H2,(H,19,20). The summed E-state index contributed by atoms with van der Waals surface area (Å²) in [6.45, 7) is 0.456. The summed E-state index contributed by atoms with van der Waals surface area (Å²) in [5, 5.41) is 3.09. The number of nitrogens with one attached hydrogen (secondary N) is 1. The molecule has 1 amide bonds. The fourth-order valence-corrected chi connectivity index (χ4v) is 2.51. The maximum absolute atomic E-state index is 12.2. The summed E-state index contributed by atoms with van der Waals surface area (Å²) in [5.41, 5.74) is 8.56. The van der Waals surface area contributed by atoms with E-state index in [2.05, 4.69) is 17.4 Å². The molecule has 1 fully saturated rings. The van der Waals surface area contributed by atoms with Crippen LogP contribution in [0.15, 0.2) is 54.6 Å². The zero-order chi connectivity index (χ0) is 13.9. The molecule has 1 aliphatic carbocycles. The molecular weight excluding hydrogens is 248 g/mol. The molecule has 2 aromatic rings. The van der Waals surface area contributed by atoms with E-state index in [1.807, 2.05) is 42.5 Å². The van der Waals surface area contributed by atoms with Gasteiger partial charge < -0.3 is 11.1 Å². The molecule has 0 aromatic heterocycles. The summed E-state index contributed by atoms with van der Waals surface area (Å²) in [7, 11) is 0. The molecule has 3 rings (SSSR count). The smallest absolute Gasteiger partial charge is 0.251 e. The summed E-state index contributed by atoms with van der Waals surface area (Å²) < 4.78 is 0. The first-order chi connectivity index (χ1) is 9.78. The lowest BCUT2D eigenvalue weighted by Crippen LogP contribution is -2.26. The summed E-state index contributed by atoms with van der Waals surface area (Å²) in [6.07, 6.45) is 1.02. The van der Waals surface area contributed by atoms with Crippen LogP contribution in [0.2, 0.25) is 0 Å². The quantitative estimate of drug-likeness (QED) is 0.893. The van der Waals surface area contributed by atoms with Gasteiger partial charge in [-0.25, -0.2) is 0 Å². The van der Waals surface area contributed by atoms with E-state index in [9.17, 15) is 4.79 Å². The van der Waals surface area contributed by atoms with Gasteiger partial charge in [0.25, 0.3) is 5.91 Å². The Kier molecular flexibility index (Phi) is 3.52. The van der Waals surface area contributed by atoms with Crippen LogP contribution in [0.5, 0.6) is 0 Å². The second kappa shape index (κ2) is 5.47. The highest BCUT2D eigenvalue weighted by Gasteiger charge is 2.39. The van der Waals surface area contributed by atoms with Crippen molar-refractivity contribution >= 4 is 5.91 Å². The maximum Gasteiger partial charge on any atom is 0.251 e. The monoisotopic (exact) mass is 266 g/mol. The van der Waals surface area contributed by atoms with Gasteiger partial charge in [-0.05, 0) is 29.7 Å². The van der Waals surface area contributed by atoms with Gasteiger partial charge in [-0.3, -0.25) is 4.79 Å². The molecule has 3 heteroatoms. The molecule has 0 bridgehead atoms. The Labute approximate surface area is 118 Å². The van der Waals surface area contributed by atoms with Gasteiger partial charge in [0.15, 0.2) is 0 Å². The average molecular weight is 266 g/mol. The normalized spacial score (nSPS) is 20.4. The van der Waals surface area contributed by atoms with E-state index >= 15 is 0 Å². The van der Waals surface area contributed by atoms with Gasteiger partial charge in [-0.2, -0.15) is 0 Å². The van der Waals surface area contributed by atoms with Crippen molar-refractivity contribution in [2.75, 3.05) is 0 Å². The zero-order valence-electron chi connectivity index (χ0n) is 11.3. The first-order valence-electron chi connectivity index (χ1n) is 6.93. The van der Waals surface area contributed by atoms with Gasteiger partial charge in [0.1, 0.15) is 0 Å². The van der Waals surface area contributed by atoms with Gasteiger partial charge in [0, 0.05) is 24.1 Å². The molecule has 3 nitrogen and oxygen atoms in total. The average Bonchev–Trinajstić information content (AvgIpc) is 3.27. The second-order valence-electron chi connectivity index (χ2n) is 5.24. The molecule has 102 valence electrons. The van der Waals surface area contributed by atoms with E-state index in [0.717, 1.165) is 12.0 Å². The Bertz CT molecular complexity index is 609. The summed E-state index contributed by atoms with van der Waals surface area (Å²) in [4.78, 5) is 12.2. The van der Waals surface area contributed by atoms with E-state index in [-0.39, 0.29) is 11.9 Å². The first-order valence-corrected chi connectivity index (χ1v) is 6.93. The minimum absolute atomic E-state index is 0.0104. The van der Waals surface area contributed by atoms with Crippen LogP contribution in [-0.2, 0) is 6.54 Å². The number of carbonyl (C=O) groups excluding carboxylic acids is 1. The predicted molar refractivity (Wildman–Crippen MR) is 79.4 cm³/mol. The summed E-state index contributed by atoms with van der Waals surface area (Å²) in [6, 6.07) is 18.1. The number of nitrogens with two attached hydrogens (primary N) is 1. The lowest BCUT2D eigenvalue weighted by atomic mass is 10.1. The topological polar surface area (TPSA) is 55.1 Å². The number of amides is 1. The fourth-order valence-electron chi connectivity index (χ4n) is 2.51. The van der Waals surface area contributed by atoms with E-state index in [1.54, 1.807) is 0 Å². The Morgan fingerprint density at radius 1 is 1.15 bits per heavy atom. The molecule has 1 aliphatic rings. The Morgan fingerprint density at radius 2 is 1.95 bits per heavy atom. The maximum atomic E-state index is 12.2. The molecule has 2 aromatic carbocycles. The van der Waals surface area contributed by atoms with Crippen LogP contribution in [-0.4, -0.2) is 11.9 Å². The molecule has 0 spiro atoms. The molecule has 2 atom stereocenters. The van der Waals surface area contributed by atoms with Gasteiger partial charge in [0.05, 0.1) is 0 Å². The highest BCUT2D eigenvalue weighted by atomic mass is 16.1. The highest BCUT2D eigenvalue weighted by Crippen LogP contribution is 2.40. The summed E-state index contributed by atoms with van der Waals surface area (Å²) >= 11 is 0. The van der Waals surface area contributed by atoms with Crippen LogP contribution in [0.25, 0.3) is 0 Å². The van der Waals surface area contributed by atoms with Crippen molar-refractivity contribution in [3.05, 3.63) is 71.3 Å². The van der Waals surface area contributed by atoms with E-state index in [0.29, 0.717) is 18.0 Å². The summed E-state index contributed by atoms with van der Waals surface area (Å²) in [5.74, 6) is 0.446. The third kappa shape index (κ3) is 2.73. The molecule has 0 radical (unpaired) electrons. The molecule has 0 aliphatic heterocycles. The van der Waals surface area contributed by atoms with E-state index in [1.165, 1.54) is 5.56 Å². The van der Waals surface area contributed by atoms with Crippen molar-refractivity contribution in [3.8, 4) is 0 Å². The third-order valence-electron chi connectivity index (χ3n) is 3.76. The lowest BCUT2D eigenvalue weighted by molar-refractivity contribution is 0.0950. The van der Waals surface area contributed by atoms with Gasteiger partial charge >= 0.3 is 0 Å². The van der Waals surface area contributed by atoms with Crippen LogP contribution in [0.3, 0.4) is 0 Å². The second-order valence-corrected chi connectivity index (χ2v) is 5.24. The van der Waals surface area contributed by atoms with Crippen molar-refractivity contribution in [2.45, 2.75) is 24.9 Å². The molecule has 3 N–H and O–H groups in total. The number of carbonyl (C=O) groups is 1. The van der Waals surface area contributed by atoms with Crippen molar-refractivity contribution in [2.24, 2.45) is 5.73 Å². The highest BCUT2D eigenvalue weighted by molar-refractivity contribution is 5.94. The van der Waals surface area contributed by atoms with Crippen molar-refractivity contribution in [1.29, 1.82) is 0 Å². The predicted octanol–water partition coefficient (Wildman–Crippen LogP) is 2.43. The molecule has 1 saturated carbocycles. The molecule has 20 heavy (non-hydrogen) atoms. The molecule has 0 heterocycles. The number of hydrogen-bond donors (Lipinski definition) is 2. The minimum Gasteiger partial charge on any atom is -0.349 e. The van der Waals surface area contributed by atoms with Gasteiger partial charge in [-0.1, -0.05) is 42.5 Å². The lowest BCUT2D eigenvalue weighted by Gasteiger charge is -2.06.